The summed E-state index contributed by atoms with van der Waals surface area (Å²) in [6.07, 6.45) is 1.52. The van der Waals surface area contributed by atoms with Gasteiger partial charge in [0.05, 0.1) is 12.3 Å². The van der Waals surface area contributed by atoms with E-state index < -0.39 is 5.91 Å². The van der Waals surface area contributed by atoms with Gasteiger partial charge in [0.25, 0.3) is 5.91 Å². The van der Waals surface area contributed by atoms with Gasteiger partial charge >= 0.3 is 0 Å². The molecule has 0 saturated heterocycles. The maximum Gasteiger partial charge on any atom is 0.266 e. The van der Waals surface area contributed by atoms with Crippen LogP contribution < -0.4 is 14.8 Å². The Hall–Kier alpha value is -3.56. The number of anilines is 1. The first-order valence-corrected chi connectivity index (χ1v) is 10.5. The van der Waals surface area contributed by atoms with Crippen LogP contribution in [0.4, 0.5) is 5.69 Å². The van der Waals surface area contributed by atoms with Crippen molar-refractivity contribution >= 4 is 33.6 Å². The van der Waals surface area contributed by atoms with Crippen molar-refractivity contribution in [2.24, 2.45) is 0 Å². The topological polar surface area (TPSA) is 71.3 Å². The molecule has 3 rings (SSSR count). The minimum Gasteiger partial charge on any atom is -0.490 e. The Bertz CT molecular complexity index is 1120. The zero-order chi connectivity index (χ0) is 22.1. The Labute approximate surface area is 190 Å². The van der Waals surface area contributed by atoms with Crippen LogP contribution in [-0.2, 0) is 11.4 Å². The van der Waals surface area contributed by atoms with Crippen molar-refractivity contribution in [3.8, 4) is 17.6 Å². The number of benzene rings is 3. The predicted octanol–water partition coefficient (Wildman–Crippen LogP) is 5.97. The molecule has 0 bridgehead atoms. The summed E-state index contributed by atoms with van der Waals surface area (Å²) in [5, 5.41) is 12.2. The third kappa shape index (κ3) is 6.21. The van der Waals surface area contributed by atoms with Gasteiger partial charge in [-0.2, -0.15) is 5.26 Å². The number of rotatable bonds is 8. The monoisotopic (exact) mass is 476 g/mol. The molecule has 0 fully saturated rings. The van der Waals surface area contributed by atoms with Crippen LogP contribution in [0, 0.1) is 11.3 Å². The highest BCUT2D eigenvalue weighted by Crippen LogP contribution is 2.30. The predicted molar refractivity (Wildman–Crippen MR) is 125 cm³/mol. The average molecular weight is 477 g/mol. The van der Waals surface area contributed by atoms with E-state index in [0.29, 0.717) is 36.0 Å². The molecule has 0 radical (unpaired) electrons. The number of carbonyl (C=O) groups excluding carboxylic acids is 1. The van der Waals surface area contributed by atoms with E-state index in [1.165, 1.54) is 6.08 Å². The van der Waals surface area contributed by atoms with Crippen LogP contribution in [-0.4, -0.2) is 12.5 Å². The Morgan fingerprint density at radius 2 is 1.77 bits per heavy atom. The van der Waals surface area contributed by atoms with E-state index in [2.05, 4.69) is 21.2 Å². The number of para-hydroxylation sites is 1. The SMILES string of the molecule is CCOc1cc(/C=C(\C#N)C(=O)Nc2ccccc2Br)ccc1OCc1ccccc1. The first-order valence-electron chi connectivity index (χ1n) is 9.72. The first-order chi connectivity index (χ1) is 15.1. The van der Waals surface area contributed by atoms with Crippen LogP contribution in [0.25, 0.3) is 6.08 Å². The zero-order valence-corrected chi connectivity index (χ0v) is 18.6. The number of carbonyl (C=O) groups is 1. The zero-order valence-electron chi connectivity index (χ0n) is 17.0. The Morgan fingerprint density at radius 1 is 1.03 bits per heavy atom. The second-order valence-electron chi connectivity index (χ2n) is 6.52. The van der Waals surface area contributed by atoms with Gasteiger partial charge in [-0.25, -0.2) is 0 Å². The number of halogens is 1. The van der Waals surface area contributed by atoms with Crippen molar-refractivity contribution in [2.75, 3.05) is 11.9 Å². The van der Waals surface area contributed by atoms with Gasteiger partial charge in [0.15, 0.2) is 11.5 Å². The molecular formula is C25H21BrN2O3. The van der Waals surface area contributed by atoms with Crippen LogP contribution in [0.5, 0.6) is 11.5 Å². The molecule has 31 heavy (non-hydrogen) atoms. The van der Waals surface area contributed by atoms with E-state index in [9.17, 15) is 10.1 Å². The third-order valence-electron chi connectivity index (χ3n) is 4.30. The summed E-state index contributed by atoms with van der Waals surface area (Å²) >= 11 is 3.38. The molecular weight excluding hydrogens is 456 g/mol. The van der Waals surface area contributed by atoms with Gasteiger partial charge < -0.3 is 14.8 Å². The summed E-state index contributed by atoms with van der Waals surface area (Å²) in [6, 6.07) is 24.3. The second kappa shape index (κ2) is 11.0. The summed E-state index contributed by atoms with van der Waals surface area (Å²) in [7, 11) is 0. The van der Waals surface area contributed by atoms with E-state index in [-0.39, 0.29) is 5.57 Å². The number of amides is 1. The van der Waals surface area contributed by atoms with Crippen molar-refractivity contribution in [3.05, 3.63) is 94.0 Å². The minimum atomic E-state index is -0.489. The molecule has 3 aromatic rings. The molecule has 3 aromatic carbocycles. The highest BCUT2D eigenvalue weighted by atomic mass is 79.9. The van der Waals surface area contributed by atoms with E-state index in [1.807, 2.05) is 55.5 Å². The minimum absolute atomic E-state index is 0.0174. The molecule has 1 N–H and O–H groups in total. The van der Waals surface area contributed by atoms with Crippen molar-refractivity contribution in [2.45, 2.75) is 13.5 Å². The fourth-order valence-electron chi connectivity index (χ4n) is 2.80. The molecule has 0 heterocycles. The molecule has 1 amide bonds. The van der Waals surface area contributed by atoms with Crippen molar-refractivity contribution in [3.63, 3.8) is 0 Å². The van der Waals surface area contributed by atoms with E-state index in [4.69, 9.17) is 9.47 Å². The molecule has 0 aliphatic rings. The lowest BCUT2D eigenvalue weighted by atomic mass is 10.1. The van der Waals surface area contributed by atoms with Gasteiger partial charge in [-0.05, 0) is 64.3 Å². The van der Waals surface area contributed by atoms with Crippen molar-refractivity contribution in [1.29, 1.82) is 5.26 Å². The number of nitrogens with one attached hydrogen (secondary N) is 1. The van der Waals surface area contributed by atoms with E-state index in [1.54, 1.807) is 30.3 Å². The first kappa shape index (κ1) is 22.1. The maximum atomic E-state index is 12.6. The van der Waals surface area contributed by atoms with Gasteiger partial charge in [0.2, 0.25) is 0 Å². The molecule has 0 unspecified atom stereocenters. The fraction of sp³-hybridized carbons (Fsp3) is 0.120. The summed E-state index contributed by atoms with van der Waals surface area (Å²) in [6.45, 7) is 2.76. The molecule has 0 aliphatic heterocycles. The quantitative estimate of drug-likeness (QED) is 0.321. The van der Waals surface area contributed by atoms with Crippen LogP contribution in [0.3, 0.4) is 0 Å². The lowest BCUT2D eigenvalue weighted by molar-refractivity contribution is -0.112. The average Bonchev–Trinajstić information content (AvgIpc) is 2.79. The molecule has 6 heteroatoms. The van der Waals surface area contributed by atoms with Crippen molar-refractivity contribution < 1.29 is 14.3 Å². The lowest BCUT2D eigenvalue weighted by Gasteiger charge is -2.13. The number of hydrogen-bond donors (Lipinski definition) is 1. The smallest absolute Gasteiger partial charge is 0.266 e. The third-order valence-corrected chi connectivity index (χ3v) is 4.99. The molecule has 0 aliphatic carbocycles. The number of ether oxygens (including phenoxy) is 2. The molecule has 5 nitrogen and oxygen atoms in total. The number of nitriles is 1. The Kier molecular flexibility index (Phi) is 7.85. The highest BCUT2D eigenvalue weighted by Gasteiger charge is 2.12. The van der Waals surface area contributed by atoms with E-state index >= 15 is 0 Å². The number of hydrogen-bond acceptors (Lipinski definition) is 4. The van der Waals surface area contributed by atoms with Crippen molar-refractivity contribution in [1.82, 2.24) is 0 Å². The lowest BCUT2D eigenvalue weighted by Crippen LogP contribution is -2.13. The fourth-order valence-corrected chi connectivity index (χ4v) is 3.19. The summed E-state index contributed by atoms with van der Waals surface area (Å²) in [5.74, 6) is 0.659. The molecule has 156 valence electrons. The molecule has 0 spiro atoms. The standard InChI is InChI=1S/C25H21BrN2O3/c1-2-30-24-15-19(12-13-23(24)31-17-18-8-4-3-5-9-18)14-20(16-27)25(29)28-22-11-7-6-10-21(22)26/h3-15H,2,17H2,1H3,(H,28,29)/b20-14+. The Balaban J connectivity index is 1.79. The molecule has 0 saturated carbocycles. The highest BCUT2D eigenvalue weighted by molar-refractivity contribution is 9.10. The van der Waals surface area contributed by atoms with Crippen LogP contribution in [0.1, 0.15) is 18.1 Å². The molecule has 0 aromatic heterocycles. The van der Waals surface area contributed by atoms with Crippen LogP contribution in [0.15, 0.2) is 82.8 Å². The van der Waals surface area contributed by atoms with Gasteiger partial charge in [0, 0.05) is 4.47 Å². The summed E-state index contributed by atoms with van der Waals surface area (Å²) in [5.41, 5.74) is 2.28. The summed E-state index contributed by atoms with van der Waals surface area (Å²) < 4.78 is 12.4. The maximum absolute atomic E-state index is 12.6. The van der Waals surface area contributed by atoms with Gasteiger partial charge in [-0.15, -0.1) is 0 Å². The van der Waals surface area contributed by atoms with Crippen LogP contribution >= 0.6 is 15.9 Å². The summed E-state index contributed by atoms with van der Waals surface area (Å²) in [4.78, 5) is 12.6. The normalized spacial score (nSPS) is 10.8. The van der Waals surface area contributed by atoms with Gasteiger partial charge in [-0.1, -0.05) is 48.5 Å². The largest absolute Gasteiger partial charge is 0.490 e. The van der Waals surface area contributed by atoms with Gasteiger partial charge in [0.1, 0.15) is 18.2 Å². The second-order valence-corrected chi connectivity index (χ2v) is 7.37. The Morgan fingerprint density at radius 3 is 2.48 bits per heavy atom. The number of nitrogens with zero attached hydrogens (tertiary/aromatic N) is 1. The van der Waals surface area contributed by atoms with Gasteiger partial charge in [-0.3, -0.25) is 4.79 Å². The molecule has 0 atom stereocenters. The van der Waals surface area contributed by atoms with Crippen LogP contribution in [0.2, 0.25) is 0 Å². The van der Waals surface area contributed by atoms with E-state index in [0.717, 1.165) is 10.0 Å².